The third-order valence-electron chi connectivity index (χ3n) is 2.03. The summed E-state index contributed by atoms with van der Waals surface area (Å²) < 4.78 is 5.39. The van der Waals surface area contributed by atoms with Crippen LogP contribution < -0.4 is 0 Å². The van der Waals surface area contributed by atoms with Crippen LogP contribution in [0.5, 0.6) is 0 Å². The molecule has 90 valence electrons. The van der Waals surface area contributed by atoms with E-state index in [1.807, 2.05) is 30.5 Å². The van der Waals surface area contributed by atoms with Crippen LogP contribution in [-0.4, -0.2) is 16.5 Å². The second kappa shape index (κ2) is 6.33. The minimum Gasteiger partial charge on any atom is -0.415 e. The molecule has 0 saturated heterocycles. The normalized spacial score (nSPS) is 10.7. The Kier molecular flexibility index (Phi) is 4.76. The summed E-state index contributed by atoms with van der Waals surface area (Å²) in [5.74, 6) is 2.32. The second-order valence-electron chi connectivity index (χ2n) is 3.29. The van der Waals surface area contributed by atoms with Crippen molar-refractivity contribution in [3.63, 3.8) is 0 Å². The van der Waals surface area contributed by atoms with Gasteiger partial charge in [-0.15, -0.1) is 22.0 Å². The lowest BCUT2D eigenvalue weighted by atomic mass is 10.2. The first-order chi connectivity index (χ1) is 8.28. The van der Waals surface area contributed by atoms with Crippen molar-refractivity contribution < 1.29 is 4.42 Å². The van der Waals surface area contributed by atoms with Crippen LogP contribution in [-0.2, 0) is 11.5 Å². The largest absolute Gasteiger partial charge is 0.415 e. The third-order valence-corrected chi connectivity index (χ3v) is 3.79. The highest BCUT2D eigenvalue weighted by Gasteiger charge is 2.04. The van der Waals surface area contributed by atoms with E-state index in [4.69, 9.17) is 16.0 Å². The van der Waals surface area contributed by atoms with Gasteiger partial charge in [0.25, 0.3) is 5.22 Å². The fourth-order valence-electron chi connectivity index (χ4n) is 1.22. The lowest BCUT2D eigenvalue weighted by Gasteiger charge is -1.99. The molecule has 2 rings (SSSR count). The fourth-order valence-corrected chi connectivity index (χ4v) is 2.47. The first-order valence-corrected chi connectivity index (χ1v) is 7.72. The van der Waals surface area contributed by atoms with E-state index in [1.165, 1.54) is 17.3 Å². The van der Waals surface area contributed by atoms with Gasteiger partial charge in [-0.25, -0.2) is 0 Å². The number of nitrogens with zero attached hydrogens (tertiary/aromatic N) is 2. The molecule has 0 bridgehead atoms. The van der Waals surface area contributed by atoms with Crippen LogP contribution in [0, 0.1) is 0 Å². The van der Waals surface area contributed by atoms with Crippen LogP contribution in [0.1, 0.15) is 11.5 Å². The van der Waals surface area contributed by atoms with Crippen molar-refractivity contribution in [3.8, 4) is 0 Å². The molecule has 0 aliphatic carbocycles. The Labute approximate surface area is 113 Å². The molecule has 1 heterocycles. The Morgan fingerprint density at radius 1 is 1.18 bits per heavy atom. The summed E-state index contributed by atoms with van der Waals surface area (Å²) in [5.41, 5.74) is 1.24. The van der Waals surface area contributed by atoms with Crippen molar-refractivity contribution in [2.45, 2.75) is 16.7 Å². The van der Waals surface area contributed by atoms with E-state index in [0.717, 1.165) is 16.5 Å². The van der Waals surface area contributed by atoms with Crippen LogP contribution >= 0.6 is 35.1 Å². The maximum Gasteiger partial charge on any atom is 0.276 e. The highest BCUT2D eigenvalue weighted by molar-refractivity contribution is 7.98. The highest BCUT2D eigenvalue weighted by Crippen LogP contribution is 2.20. The monoisotopic (exact) mass is 286 g/mol. The van der Waals surface area contributed by atoms with Crippen LogP contribution in [0.25, 0.3) is 0 Å². The highest BCUT2D eigenvalue weighted by atomic mass is 35.5. The Bertz CT molecular complexity index is 473. The van der Waals surface area contributed by atoms with Crippen LogP contribution in [0.4, 0.5) is 0 Å². The van der Waals surface area contributed by atoms with Gasteiger partial charge in [-0.3, -0.25) is 0 Å². The molecule has 0 saturated carbocycles. The van der Waals surface area contributed by atoms with Gasteiger partial charge >= 0.3 is 0 Å². The second-order valence-corrected chi connectivity index (χ2v) is 5.46. The molecule has 1 aromatic heterocycles. The first-order valence-electron chi connectivity index (χ1n) is 4.96. The molecule has 17 heavy (non-hydrogen) atoms. The summed E-state index contributed by atoms with van der Waals surface area (Å²) in [5, 5.41) is 9.22. The van der Waals surface area contributed by atoms with Gasteiger partial charge in [0, 0.05) is 10.8 Å². The number of hydrogen-bond acceptors (Lipinski definition) is 5. The molecule has 0 N–H and O–H groups in total. The van der Waals surface area contributed by atoms with E-state index in [-0.39, 0.29) is 0 Å². The van der Waals surface area contributed by atoms with Crippen molar-refractivity contribution in [1.82, 2.24) is 10.2 Å². The van der Waals surface area contributed by atoms with E-state index in [9.17, 15) is 0 Å². The van der Waals surface area contributed by atoms with Crippen molar-refractivity contribution in [1.29, 1.82) is 0 Å². The van der Waals surface area contributed by atoms with Crippen molar-refractivity contribution in [2.75, 3.05) is 6.26 Å². The van der Waals surface area contributed by atoms with Gasteiger partial charge in [-0.2, -0.15) is 0 Å². The summed E-state index contributed by atoms with van der Waals surface area (Å²) in [4.78, 5) is 0. The van der Waals surface area contributed by atoms with Crippen LogP contribution in [0.15, 0.2) is 33.9 Å². The Morgan fingerprint density at radius 3 is 2.59 bits per heavy atom. The standard InChI is InChI=1S/C11H11ClN2OS2/c1-16-11-14-13-10(15-11)7-17-6-8-2-4-9(12)5-3-8/h2-5H,6-7H2,1H3. The molecule has 0 fully saturated rings. The predicted molar refractivity (Wildman–Crippen MR) is 72.5 cm³/mol. The molecule has 2 aromatic rings. The van der Waals surface area contributed by atoms with Gasteiger partial charge in [-0.1, -0.05) is 35.5 Å². The summed E-state index contributed by atoms with van der Waals surface area (Å²) in [6, 6.07) is 7.85. The molecule has 0 aliphatic rings. The van der Waals surface area contributed by atoms with Gasteiger partial charge in [-0.05, 0) is 24.0 Å². The summed E-state index contributed by atoms with van der Waals surface area (Å²) in [7, 11) is 0. The molecule has 0 unspecified atom stereocenters. The summed E-state index contributed by atoms with van der Waals surface area (Å²) >= 11 is 9.02. The zero-order valence-corrected chi connectivity index (χ0v) is 11.6. The van der Waals surface area contributed by atoms with E-state index >= 15 is 0 Å². The average molecular weight is 287 g/mol. The number of rotatable bonds is 5. The number of benzene rings is 1. The van der Waals surface area contributed by atoms with Gasteiger partial charge in [0.2, 0.25) is 5.89 Å². The van der Waals surface area contributed by atoms with Gasteiger partial charge in [0.05, 0.1) is 5.75 Å². The zero-order valence-electron chi connectivity index (χ0n) is 9.22. The summed E-state index contributed by atoms with van der Waals surface area (Å²) in [6.07, 6.45) is 1.91. The van der Waals surface area contributed by atoms with Crippen LogP contribution in [0.2, 0.25) is 5.02 Å². The van der Waals surface area contributed by atoms with E-state index in [0.29, 0.717) is 11.1 Å². The Hall–Kier alpha value is -0.650. The molecule has 0 radical (unpaired) electrons. The molecule has 0 amide bonds. The van der Waals surface area contributed by atoms with Gasteiger partial charge in [0.15, 0.2) is 0 Å². The Balaban J connectivity index is 1.81. The van der Waals surface area contributed by atoms with E-state index < -0.39 is 0 Å². The summed E-state index contributed by atoms with van der Waals surface area (Å²) in [6.45, 7) is 0. The minimum absolute atomic E-state index is 0.618. The van der Waals surface area contributed by atoms with Crippen molar-refractivity contribution in [2.24, 2.45) is 0 Å². The van der Waals surface area contributed by atoms with Crippen molar-refractivity contribution in [3.05, 3.63) is 40.7 Å². The smallest absolute Gasteiger partial charge is 0.276 e. The molecule has 0 aliphatic heterocycles. The number of halogens is 1. The third kappa shape index (κ3) is 3.94. The maximum absolute atomic E-state index is 5.82. The number of hydrogen-bond donors (Lipinski definition) is 0. The lowest BCUT2D eigenvalue weighted by molar-refractivity contribution is 0.427. The van der Waals surface area contributed by atoms with Gasteiger partial charge < -0.3 is 4.42 Å². The number of thioether (sulfide) groups is 2. The molecule has 0 spiro atoms. The molecular formula is C11H11ClN2OS2. The van der Waals surface area contributed by atoms with E-state index in [2.05, 4.69) is 10.2 Å². The molecule has 0 atom stereocenters. The average Bonchev–Trinajstić information content (AvgIpc) is 2.80. The zero-order chi connectivity index (χ0) is 12.1. The van der Waals surface area contributed by atoms with Crippen LogP contribution in [0.3, 0.4) is 0 Å². The first kappa shape index (κ1) is 12.8. The topological polar surface area (TPSA) is 38.9 Å². The molecular weight excluding hydrogens is 276 g/mol. The predicted octanol–water partition coefficient (Wildman–Crippen LogP) is 3.88. The molecule has 1 aromatic carbocycles. The minimum atomic E-state index is 0.618. The SMILES string of the molecule is CSc1nnc(CSCc2ccc(Cl)cc2)o1. The molecule has 3 nitrogen and oxygen atoms in total. The maximum atomic E-state index is 5.82. The quantitative estimate of drug-likeness (QED) is 0.780. The lowest BCUT2D eigenvalue weighted by Crippen LogP contribution is -1.83. The fraction of sp³-hybridized carbons (Fsp3) is 0.273. The molecule has 6 heteroatoms. The van der Waals surface area contributed by atoms with E-state index in [1.54, 1.807) is 11.8 Å². The van der Waals surface area contributed by atoms with Gasteiger partial charge in [0.1, 0.15) is 0 Å². The van der Waals surface area contributed by atoms with Crippen molar-refractivity contribution >= 4 is 35.1 Å². The number of aromatic nitrogens is 2. The Morgan fingerprint density at radius 2 is 1.94 bits per heavy atom.